The smallest absolute Gasteiger partial charge is 0.224 e. The Morgan fingerprint density at radius 2 is 1.69 bits per heavy atom. The van der Waals surface area contributed by atoms with Crippen molar-refractivity contribution >= 4 is 29.1 Å². The second-order valence-corrected chi connectivity index (χ2v) is 10.2. The van der Waals surface area contributed by atoms with Crippen molar-refractivity contribution in [1.29, 1.82) is 0 Å². The Morgan fingerprint density at radius 1 is 0.952 bits per heavy atom. The van der Waals surface area contributed by atoms with Crippen molar-refractivity contribution in [2.45, 2.75) is 25.8 Å². The standard InChI is InChI=1S/C30H29ClN6O5/c1-17-35-36-30-23(16-28(41)33-12-11-32-27(40)14-18-3-10-25(38)26(39)13-18)34-29(19-4-6-20(31)7-5-19)22-15-21(42-2)8-9-24(22)37(17)30/h3-10,13,15,23,38-39H,11-12,14,16H2,1-2H3,(H,32,40)(H,33,41)/t23-/m0/s1. The summed E-state index contributed by atoms with van der Waals surface area (Å²) in [7, 11) is 1.60. The van der Waals surface area contributed by atoms with Gasteiger partial charge in [-0.2, -0.15) is 0 Å². The average molecular weight is 589 g/mol. The van der Waals surface area contributed by atoms with E-state index in [1.54, 1.807) is 25.3 Å². The van der Waals surface area contributed by atoms with Crippen LogP contribution in [0.3, 0.4) is 0 Å². The quantitative estimate of drug-likeness (QED) is 0.173. The summed E-state index contributed by atoms with van der Waals surface area (Å²) in [6, 6.07) is 16.6. The topological polar surface area (TPSA) is 151 Å². The summed E-state index contributed by atoms with van der Waals surface area (Å²) >= 11 is 6.16. The molecule has 3 aromatic carbocycles. The van der Waals surface area contributed by atoms with Gasteiger partial charge in [0.05, 0.1) is 31.4 Å². The maximum atomic E-state index is 13.1. The molecular weight excluding hydrogens is 560 g/mol. The molecule has 2 heterocycles. The number of aromatic hydroxyl groups is 2. The van der Waals surface area contributed by atoms with Gasteiger partial charge in [0.25, 0.3) is 0 Å². The van der Waals surface area contributed by atoms with Crippen molar-refractivity contribution in [3.8, 4) is 22.9 Å². The molecule has 1 aliphatic heterocycles. The van der Waals surface area contributed by atoms with E-state index in [4.69, 9.17) is 21.3 Å². The van der Waals surface area contributed by atoms with Crippen LogP contribution in [-0.4, -0.2) is 62.7 Å². The van der Waals surface area contributed by atoms with Crippen molar-refractivity contribution in [3.05, 3.63) is 94.0 Å². The third-order valence-corrected chi connectivity index (χ3v) is 7.05. The predicted octanol–water partition coefficient (Wildman–Crippen LogP) is 3.41. The van der Waals surface area contributed by atoms with Crippen LogP contribution in [0.15, 0.2) is 65.7 Å². The first-order chi connectivity index (χ1) is 20.2. The summed E-state index contributed by atoms with van der Waals surface area (Å²) in [5, 5.41) is 33.9. The molecule has 4 aromatic rings. The van der Waals surface area contributed by atoms with Crippen LogP contribution in [0.25, 0.3) is 5.69 Å². The number of carbonyl (C=O) groups excluding carboxylic acids is 2. The summed E-state index contributed by atoms with van der Waals surface area (Å²) in [6.07, 6.45) is 0.0213. The SMILES string of the molecule is COc1ccc2c(c1)C(c1ccc(Cl)cc1)=N[C@@H](CC(=O)NCCNC(=O)Cc1ccc(O)c(O)c1)c1nnc(C)n1-2. The molecule has 216 valence electrons. The first-order valence-corrected chi connectivity index (χ1v) is 13.6. The van der Waals surface area contributed by atoms with Gasteiger partial charge in [-0.15, -0.1) is 10.2 Å². The van der Waals surface area contributed by atoms with Crippen LogP contribution < -0.4 is 15.4 Å². The molecule has 2 amide bonds. The predicted molar refractivity (Wildman–Crippen MR) is 157 cm³/mol. The van der Waals surface area contributed by atoms with Gasteiger partial charge < -0.3 is 25.6 Å². The van der Waals surface area contributed by atoms with Crippen molar-refractivity contribution in [1.82, 2.24) is 25.4 Å². The molecule has 0 aliphatic carbocycles. The zero-order chi connectivity index (χ0) is 29.8. The number of amides is 2. The van der Waals surface area contributed by atoms with Gasteiger partial charge in [0, 0.05) is 29.2 Å². The molecule has 12 heteroatoms. The summed E-state index contributed by atoms with van der Waals surface area (Å²) in [5.41, 5.74) is 3.65. The molecule has 4 N–H and O–H groups in total. The molecule has 0 fully saturated rings. The van der Waals surface area contributed by atoms with Gasteiger partial charge in [0.1, 0.15) is 17.6 Å². The van der Waals surface area contributed by atoms with Crippen LogP contribution in [0.1, 0.15) is 40.8 Å². The number of rotatable bonds is 9. The number of benzene rings is 3. The summed E-state index contributed by atoms with van der Waals surface area (Å²) in [5.74, 6) is 0.740. The minimum absolute atomic E-state index is 0.00107. The number of ether oxygens (including phenoxy) is 1. The van der Waals surface area contributed by atoms with E-state index in [0.29, 0.717) is 33.7 Å². The third kappa shape index (κ3) is 6.21. The monoisotopic (exact) mass is 588 g/mol. The number of phenols is 2. The first-order valence-electron chi connectivity index (χ1n) is 13.2. The Balaban J connectivity index is 1.32. The maximum Gasteiger partial charge on any atom is 0.224 e. The van der Waals surface area contributed by atoms with Gasteiger partial charge >= 0.3 is 0 Å². The van der Waals surface area contributed by atoms with Gasteiger partial charge in [0.15, 0.2) is 17.3 Å². The molecule has 11 nitrogen and oxygen atoms in total. The van der Waals surface area contributed by atoms with Crippen LogP contribution in [0.5, 0.6) is 17.2 Å². The second-order valence-electron chi connectivity index (χ2n) is 9.73. The fourth-order valence-corrected chi connectivity index (χ4v) is 4.88. The Bertz CT molecular complexity index is 1670. The van der Waals surface area contributed by atoms with Crippen molar-refractivity contribution in [3.63, 3.8) is 0 Å². The summed E-state index contributed by atoms with van der Waals surface area (Å²) < 4.78 is 7.40. The molecule has 0 spiro atoms. The summed E-state index contributed by atoms with van der Waals surface area (Å²) in [4.78, 5) is 30.4. The summed E-state index contributed by atoms with van der Waals surface area (Å²) in [6.45, 7) is 2.26. The zero-order valence-electron chi connectivity index (χ0n) is 23.0. The Kier molecular flexibility index (Phi) is 8.39. The molecule has 0 unspecified atom stereocenters. The largest absolute Gasteiger partial charge is 0.504 e. The number of halogens is 1. The van der Waals surface area contributed by atoms with E-state index in [2.05, 4.69) is 20.8 Å². The van der Waals surface area contributed by atoms with E-state index in [1.165, 1.54) is 12.1 Å². The number of hydrogen-bond donors (Lipinski definition) is 4. The molecule has 1 aromatic heterocycles. The van der Waals surface area contributed by atoms with E-state index < -0.39 is 6.04 Å². The normalized spacial score (nSPS) is 13.8. The van der Waals surface area contributed by atoms with Crippen LogP contribution in [0.4, 0.5) is 0 Å². The van der Waals surface area contributed by atoms with E-state index in [1.807, 2.05) is 41.8 Å². The van der Waals surface area contributed by atoms with Gasteiger partial charge in [0.2, 0.25) is 11.8 Å². The van der Waals surface area contributed by atoms with E-state index in [9.17, 15) is 19.8 Å². The molecular formula is C30H29ClN6O5. The van der Waals surface area contributed by atoms with Crippen molar-refractivity contribution < 1.29 is 24.5 Å². The molecule has 1 aliphatic rings. The zero-order valence-corrected chi connectivity index (χ0v) is 23.7. The fourth-order valence-electron chi connectivity index (χ4n) is 4.76. The molecule has 0 bridgehead atoms. The van der Waals surface area contributed by atoms with Gasteiger partial charge in [-0.3, -0.25) is 19.1 Å². The lowest BCUT2D eigenvalue weighted by atomic mass is 10.00. The number of hydrogen-bond acceptors (Lipinski definition) is 8. The second kappa shape index (κ2) is 12.3. The molecule has 0 radical (unpaired) electrons. The number of fused-ring (bicyclic) bond motifs is 3. The van der Waals surface area contributed by atoms with Gasteiger partial charge in [-0.05, 0) is 55.0 Å². The van der Waals surface area contributed by atoms with Gasteiger partial charge in [-0.1, -0.05) is 29.8 Å². The highest BCUT2D eigenvalue weighted by molar-refractivity contribution is 6.30. The van der Waals surface area contributed by atoms with Crippen molar-refractivity contribution in [2.24, 2.45) is 4.99 Å². The third-order valence-electron chi connectivity index (χ3n) is 6.80. The fraction of sp³-hybridized carbons (Fsp3) is 0.233. The first kappa shape index (κ1) is 28.6. The number of aryl methyl sites for hydroxylation is 1. The number of phenolic OH excluding ortho intramolecular Hbond substituents is 2. The van der Waals surface area contributed by atoms with Crippen LogP contribution in [-0.2, 0) is 16.0 Å². The Labute approximate surface area is 246 Å². The minimum Gasteiger partial charge on any atom is -0.504 e. The lowest BCUT2D eigenvalue weighted by Crippen LogP contribution is -2.35. The van der Waals surface area contributed by atoms with E-state index in [0.717, 1.165) is 16.8 Å². The number of nitrogens with one attached hydrogen (secondary N) is 2. The number of aromatic nitrogens is 3. The maximum absolute atomic E-state index is 13.1. The number of carbonyl (C=O) groups is 2. The Morgan fingerprint density at radius 3 is 2.40 bits per heavy atom. The highest BCUT2D eigenvalue weighted by atomic mass is 35.5. The number of methoxy groups -OCH3 is 1. The lowest BCUT2D eigenvalue weighted by Gasteiger charge is -2.14. The molecule has 0 saturated carbocycles. The molecule has 42 heavy (non-hydrogen) atoms. The average Bonchev–Trinajstić information content (AvgIpc) is 3.30. The van der Waals surface area contributed by atoms with Crippen LogP contribution in [0, 0.1) is 6.92 Å². The van der Waals surface area contributed by atoms with Crippen LogP contribution in [0.2, 0.25) is 5.02 Å². The van der Waals surface area contributed by atoms with Crippen LogP contribution >= 0.6 is 11.6 Å². The highest BCUT2D eigenvalue weighted by Gasteiger charge is 2.30. The number of nitrogens with zero attached hydrogens (tertiary/aromatic N) is 4. The molecule has 1 atom stereocenters. The lowest BCUT2D eigenvalue weighted by molar-refractivity contribution is -0.122. The van der Waals surface area contributed by atoms with Crippen molar-refractivity contribution in [2.75, 3.05) is 20.2 Å². The minimum atomic E-state index is -0.646. The Hall–Kier alpha value is -4.90. The van der Waals surface area contributed by atoms with E-state index >= 15 is 0 Å². The van der Waals surface area contributed by atoms with E-state index in [-0.39, 0.29) is 49.2 Å². The molecule has 0 saturated heterocycles. The highest BCUT2D eigenvalue weighted by Crippen LogP contribution is 2.34. The molecule has 5 rings (SSSR count). The number of aliphatic imine (C=N–C) groups is 1. The van der Waals surface area contributed by atoms with Gasteiger partial charge in [-0.25, -0.2) is 0 Å².